The van der Waals surface area contributed by atoms with E-state index in [9.17, 15) is 19.3 Å². The minimum absolute atomic E-state index is 0.0120. The smallest absolute Gasteiger partial charge is 0.269 e. The Bertz CT molecular complexity index is 930. The first kappa shape index (κ1) is 18.6. The Balaban J connectivity index is 1.62. The van der Waals surface area contributed by atoms with E-state index in [1.807, 2.05) is 0 Å². The van der Waals surface area contributed by atoms with Gasteiger partial charge in [0.1, 0.15) is 5.82 Å². The van der Waals surface area contributed by atoms with Crippen molar-refractivity contribution in [1.82, 2.24) is 10.7 Å². The van der Waals surface area contributed by atoms with Gasteiger partial charge in [0.15, 0.2) is 5.17 Å². The van der Waals surface area contributed by atoms with Gasteiger partial charge in [-0.25, -0.2) is 4.39 Å². The lowest BCUT2D eigenvalue weighted by Crippen LogP contribution is -2.26. The van der Waals surface area contributed by atoms with Crippen LogP contribution in [0.3, 0.4) is 0 Å². The highest BCUT2D eigenvalue weighted by Gasteiger charge is 2.30. The van der Waals surface area contributed by atoms with Crippen LogP contribution >= 0.6 is 11.8 Å². The topological polar surface area (TPSA) is 96.6 Å². The van der Waals surface area contributed by atoms with Gasteiger partial charge in [0.2, 0.25) is 5.91 Å². The average Bonchev–Trinajstić information content (AvgIpc) is 3.00. The van der Waals surface area contributed by atoms with Gasteiger partial charge >= 0.3 is 0 Å². The monoisotopic (exact) mass is 386 g/mol. The Morgan fingerprint density at radius 2 is 2.07 bits per heavy atom. The Morgan fingerprint density at radius 3 is 2.78 bits per heavy atom. The number of carbonyl (C=O) groups is 1. The van der Waals surface area contributed by atoms with Crippen molar-refractivity contribution in [3.05, 3.63) is 82.2 Å². The van der Waals surface area contributed by atoms with Crippen molar-refractivity contribution in [3.63, 3.8) is 0 Å². The van der Waals surface area contributed by atoms with Crippen LogP contribution in [-0.4, -0.2) is 21.2 Å². The van der Waals surface area contributed by atoms with Crippen LogP contribution in [0.15, 0.2) is 60.2 Å². The van der Waals surface area contributed by atoms with Crippen LogP contribution in [0.4, 0.5) is 10.1 Å². The van der Waals surface area contributed by atoms with E-state index in [1.54, 1.807) is 24.3 Å². The number of hydrogen-bond donors (Lipinski definition) is 2. The first-order chi connectivity index (χ1) is 12.9. The molecule has 2 N–H and O–H groups in total. The van der Waals surface area contributed by atoms with Gasteiger partial charge in [-0.1, -0.05) is 30.5 Å². The van der Waals surface area contributed by atoms with Crippen molar-refractivity contribution in [2.45, 2.75) is 11.7 Å². The maximum Gasteiger partial charge on any atom is 0.269 e. The van der Waals surface area contributed by atoms with E-state index in [2.05, 4.69) is 22.4 Å². The zero-order valence-electron chi connectivity index (χ0n) is 14.0. The Labute approximate surface area is 158 Å². The third-order valence-electron chi connectivity index (χ3n) is 3.80. The number of hydrazone groups is 1. The molecule has 0 aromatic heterocycles. The second-order valence-corrected chi connectivity index (χ2v) is 6.93. The summed E-state index contributed by atoms with van der Waals surface area (Å²) < 4.78 is 13.0. The minimum Gasteiger partial charge on any atom is -0.303 e. The van der Waals surface area contributed by atoms with E-state index < -0.39 is 10.2 Å². The van der Waals surface area contributed by atoms with Crippen molar-refractivity contribution in [2.75, 3.05) is 0 Å². The molecule has 1 fully saturated rings. The number of nitrogens with zero attached hydrogens (tertiary/aromatic N) is 2. The van der Waals surface area contributed by atoms with Gasteiger partial charge in [0.05, 0.1) is 15.9 Å². The van der Waals surface area contributed by atoms with Gasteiger partial charge in [-0.3, -0.25) is 20.3 Å². The summed E-state index contributed by atoms with van der Waals surface area (Å²) in [5, 5.41) is 17.6. The summed E-state index contributed by atoms with van der Waals surface area (Å²) in [6, 6.07) is 12.0. The fourth-order valence-corrected chi connectivity index (χ4v) is 3.41. The fourth-order valence-electron chi connectivity index (χ4n) is 2.44. The first-order valence-corrected chi connectivity index (χ1v) is 8.80. The first-order valence-electron chi connectivity index (χ1n) is 7.92. The predicted molar refractivity (Wildman–Crippen MR) is 102 cm³/mol. The van der Waals surface area contributed by atoms with E-state index in [0.29, 0.717) is 28.4 Å². The molecule has 0 aliphatic carbocycles. The third kappa shape index (κ3) is 4.70. The molecule has 3 rings (SSSR count). The Morgan fingerprint density at radius 1 is 1.33 bits per heavy atom. The van der Waals surface area contributed by atoms with Crippen LogP contribution in [0.25, 0.3) is 5.70 Å². The molecule has 0 spiro atoms. The zero-order valence-corrected chi connectivity index (χ0v) is 14.8. The average molecular weight is 386 g/mol. The van der Waals surface area contributed by atoms with Gasteiger partial charge < -0.3 is 5.32 Å². The molecule has 27 heavy (non-hydrogen) atoms. The molecule has 1 unspecified atom stereocenters. The maximum absolute atomic E-state index is 13.0. The predicted octanol–water partition coefficient (Wildman–Crippen LogP) is 3.04. The largest absolute Gasteiger partial charge is 0.303 e. The SMILES string of the molecule is C=C(N/N=C1\NC(=O)C(Cc2cccc([N+](=O)[O-])c2)S1)c1ccc(F)cc1. The number of thioether (sulfide) groups is 1. The molecule has 0 radical (unpaired) electrons. The van der Waals surface area contributed by atoms with E-state index in [1.165, 1.54) is 36.0 Å². The summed E-state index contributed by atoms with van der Waals surface area (Å²) in [5.74, 6) is -0.570. The number of nitro groups is 1. The molecule has 2 aromatic rings. The number of halogens is 1. The number of rotatable bonds is 6. The number of benzene rings is 2. The fraction of sp³-hybridized carbons (Fsp3) is 0.111. The molecule has 1 heterocycles. The number of amides is 1. The van der Waals surface area contributed by atoms with Crippen molar-refractivity contribution < 1.29 is 14.1 Å². The van der Waals surface area contributed by atoms with E-state index in [0.717, 1.165) is 0 Å². The summed E-state index contributed by atoms with van der Waals surface area (Å²) in [6.07, 6.45) is 0.343. The van der Waals surface area contributed by atoms with E-state index in [4.69, 9.17) is 0 Å². The molecular formula is C18H15FN4O3S. The number of carbonyl (C=O) groups excluding carboxylic acids is 1. The summed E-state index contributed by atoms with van der Waals surface area (Å²) in [4.78, 5) is 22.5. The second kappa shape index (κ2) is 8.00. The van der Waals surface area contributed by atoms with Gasteiger partial charge in [-0.2, -0.15) is 0 Å². The Kier molecular flexibility index (Phi) is 5.51. The molecule has 0 saturated carbocycles. The highest BCUT2D eigenvalue weighted by atomic mass is 32.2. The summed E-state index contributed by atoms with van der Waals surface area (Å²) >= 11 is 1.22. The second-order valence-electron chi connectivity index (χ2n) is 5.74. The third-order valence-corrected chi connectivity index (χ3v) is 4.89. The van der Waals surface area contributed by atoms with Gasteiger partial charge in [-0.15, -0.1) is 5.10 Å². The lowest BCUT2D eigenvalue weighted by atomic mass is 10.1. The minimum atomic E-state index is -0.469. The van der Waals surface area contributed by atoms with Crippen molar-refractivity contribution >= 4 is 34.2 Å². The molecule has 1 aliphatic heterocycles. The molecule has 1 atom stereocenters. The van der Waals surface area contributed by atoms with Crippen LogP contribution in [0.5, 0.6) is 0 Å². The van der Waals surface area contributed by atoms with Crippen LogP contribution in [0.2, 0.25) is 0 Å². The lowest BCUT2D eigenvalue weighted by molar-refractivity contribution is -0.384. The van der Waals surface area contributed by atoms with Crippen LogP contribution in [0, 0.1) is 15.9 Å². The summed E-state index contributed by atoms with van der Waals surface area (Å²) in [5.41, 5.74) is 4.55. The van der Waals surface area contributed by atoms with E-state index in [-0.39, 0.29) is 17.4 Å². The molecule has 9 heteroatoms. The van der Waals surface area contributed by atoms with Crippen molar-refractivity contribution in [3.8, 4) is 0 Å². The van der Waals surface area contributed by atoms with Crippen LogP contribution < -0.4 is 10.7 Å². The Hall–Kier alpha value is -3.20. The van der Waals surface area contributed by atoms with Crippen molar-refractivity contribution in [2.24, 2.45) is 5.10 Å². The molecule has 1 saturated heterocycles. The standard InChI is InChI=1S/C18H15FN4O3S/c1-11(13-5-7-14(19)8-6-13)21-22-18-20-17(24)16(27-18)10-12-3-2-4-15(9-12)23(25)26/h2-9,16,21H,1,10H2,(H,20,22,24). The molecule has 1 amide bonds. The quantitative estimate of drug-likeness (QED) is 0.588. The van der Waals surface area contributed by atoms with Crippen molar-refractivity contribution in [1.29, 1.82) is 0 Å². The molecule has 7 nitrogen and oxygen atoms in total. The summed E-state index contributed by atoms with van der Waals surface area (Å²) in [6.45, 7) is 3.82. The number of amidine groups is 1. The van der Waals surface area contributed by atoms with Gasteiger partial charge in [0, 0.05) is 12.1 Å². The lowest BCUT2D eigenvalue weighted by Gasteiger charge is -2.06. The zero-order chi connectivity index (χ0) is 19.4. The summed E-state index contributed by atoms with van der Waals surface area (Å²) in [7, 11) is 0. The number of non-ortho nitro benzene ring substituents is 1. The van der Waals surface area contributed by atoms with Gasteiger partial charge in [-0.05, 0) is 41.8 Å². The number of nitrogens with one attached hydrogen (secondary N) is 2. The maximum atomic E-state index is 13.0. The molecule has 138 valence electrons. The van der Waals surface area contributed by atoms with E-state index >= 15 is 0 Å². The number of hydrogen-bond acceptors (Lipinski definition) is 6. The van der Waals surface area contributed by atoms with Crippen LogP contribution in [-0.2, 0) is 11.2 Å². The normalized spacial score (nSPS) is 17.6. The van der Waals surface area contributed by atoms with Gasteiger partial charge in [0.25, 0.3) is 5.69 Å². The number of nitro benzene ring substituents is 1. The highest BCUT2D eigenvalue weighted by molar-refractivity contribution is 8.15. The molecular weight excluding hydrogens is 371 g/mol. The highest BCUT2D eigenvalue weighted by Crippen LogP contribution is 2.25. The molecule has 2 aromatic carbocycles. The van der Waals surface area contributed by atoms with Crippen LogP contribution in [0.1, 0.15) is 11.1 Å². The molecule has 1 aliphatic rings. The molecule has 0 bridgehead atoms.